The summed E-state index contributed by atoms with van der Waals surface area (Å²) < 4.78 is 63.3. The Balaban J connectivity index is 2.25. The number of methoxy groups -OCH3 is 1. The molecule has 0 fully saturated rings. The molecule has 2 aromatic rings. The fourth-order valence-corrected chi connectivity index (χ4v) is 2.67. The zero-order valence-corrected chi connectivity index (χ0v) is 15.8. The Kier molecular flexibility index (Phi) is 7.31. The van der Waals surface area contributed by atoms with Crippen LogP contribution in [0.5, 0.6) is 5.75 Å². The van der Waals surface area contributed by atoms with Crippen molar-refractivity contribution in [2.24, 2.45) is 5.73 Å². The Hall–Kier alpha value is -2.26. The molecule has 0 aliphatic rings. The molecule has 0 amide bonds. The minimum Gasteiger partial charge on any atom is -0.490 e. The number of hydrogen-bond donors (Lipinski definition) is 1. The molecule has 2 aromatic heterocycles. The molecule has 2 heterocycles. The largest absolute Gasteiger partial charge is 0.490 e. The van der Waals surface area contributed by atoms with E-state index >= 15 is 0 Å². The van der Waals surface area contributed by atoms with Crippen molar-refractivity contribution >= 4 is 0 Å². The van der Waals surface area contributed by atoms with Crippen molar-refractivity contribution in [2.45, 2.75) is 44.8 Å². The van der Waals surface area contributed by atoms with Crippen LogP contribution >= 0.6 is 0 Å². The molecule has 28 heavy (non-hydrogen) atoms. The molecule has 0 spiro atoms. The van der Waals surface area contributed by atoms with Gasteiger partial charge in [-0.25, -0.2) is 22.5 Å². The molecule has 0 bridgehead atoms. The summed E-state index contributed by atoms with van der Waals surface area (Å²) in [5.41, 5.74) is 4.69. The number of rotatable bonds is 9. The summed E-state index contributed by atoms with van der Waals surface area (Å²) in [4.78, 5) is 7.46. The lowest BCUT2D eigenvalue weighted by molar-refractivity contribution is 0.0766. The van der Waals surface area contributed by atoms with Crippen molar-refractivity contribution < 1.29 is 27.0 Å². The van der Waals surface area contributed by atoms with Crippen molar-refractivity contribution in [2.75, 3.05) is 13.7 Å². The molecule has 2 atom stereocenters. The number of ether oxygens (including phenoxy) is 2. The Labute approximate surface area is 160 Å². The summed E-state index contributed by atoms with van der Waals surface area (Å²) in [6, 6.07) is 5.30. The molecule has 0 aliphatic carbocycles. The van der Waals surface area contributed by atoms with Crippen LogP contribution in [-0.4, -0.2) is 35.3 Å². The van der Waals surface area contributed by atoms with Gasteiger partial charge in [0.2, 0.25) is 0 Å². The van der Waals surface area contributed by atoms with Crippen molar-refractivity contribution in [3.8, 4) is 17.0 Å². The SMILES string of the molecule is COC(C)C[C@](C)(N)COc1ccc(-c2ccnc(C(F)F)c2)nc1C(F)F. The number of hydrogen-bond acceptors (Lipinski definition) is 5. The molecule has 0 aliphatic heterocycles. The van der Waals surface area contributed by atoms with Crippen LogP contribution in [0.3, 0.4) is 0 Å². The normalized spacial score (nSPS) is 14.9. The summed E-state index contributed by atoms with van der Waals surface area (Å²) in [6.07, 6.45) is -4.15. The van der Waals surface area contributed by atoms with E-state index in [9.17, 15) is 17.6 Å². The lowest BCUT2D eigenvalue weighted by Crippen LogP contribution is -2.45. The summed E-state index contributed by atoms with van der Waals surface area (Å²) in [6.45, 7) is 3.55. The molecule has 0 aromatic carbocycles. The maximum atomic E-state index is 13.5. The van der Waals surface area contributed by atoms with Gasteiger partial charge in [0.05, 0.1) is 11.8 Å². The molecule has 5 nitrogen and oxygen atoms in total. The summed E-state index contributed by atoms with van der Waals surface area (Å²) in [5, 5.41) is 0. The van der Waals surface area contributed by atoms with Crippen LogP contribution in [0, 0.1) is 0 Å². The van der Waals surface area contributed by atoms with E-state index in [1.807, 2.05) is 6.92 Å². The van der Waals surface area contributed by atoms with E-state index in [1.165, 1.54) is 24.4 Å². The Morgan fingerprint density at radius 2 is 1.86 bits per heavy atom. The number of pyridine rings is 2. The highest BCUT2D eigenvalue weighted by Gasteiger charge is 2.25. The molecule has 0 radical (unpaired) electrons. The fourth-order valence-electron chi connectivity index (χ4n) is 2.67. The van der Waals surface area contributed by atoms with E-state index in [1.54, 1.807) is 14.0 Å². The van der Waals surface area contributed by atoms with Gasteiger partial charge in [0, 0.05) is 24.4 Å². The van der Waals surface area contributed by atoms with Crippen LogP contribution in [0.2, 0.25) is 0 Å². The molecule has 0 saturated heterocycles. The third-order valence-corrected chi connectivity index (χ3v) is 4.11. The monoisotopic (exact) mass is 401 g/mol. The van der Waals surface area contributed by atoms with Gasteiger partial charge in [-0.2, -0.15) is 0 Å². The first kappa shape index (κ1) is 22.0. The Morgan fingerprint density at radius 1 is 1.14 bits per heavy atom. The van der Waals surface area contributed by atoms with Gasteiger partial charge < -0.3 is 15.2 Å². The maximum absolute atomic E-state index is 13.5. The number of aromatic nitrogens is 2. The third-order valence-electron chi connectivity index (χ3n) is 4.11. The molecular weight excluding hydrogens is 378 g/mol. The van der Waals surface area contributed by atoms with Crippen LogP contribution in [-0.2, 0) is 4.74 Å². The Morgan fingerprint density at radius 3 is 2.46 bits per heavy atom. The van der Waals surface area contributed by atoms with Crippen molar-refractivity contribution in [1.82, 2.24) is 9.97 Å². The second-order valence-corrected chi connectivity index (χ2v) is 6.84. The lowest BCUT2D eigenvalue weighted by Gasteiger charge is -2.27. The van der Waals surface area contributed by atoms with Crippen LogP contribution < -0.4 is 10.5 Å². The van der Waals surface area contributed by atoms with Crippen LogP contribution in [0.25, 0.3) is 11.3 Å². The molecule has 9 heteroatoms. The second kappa shape index (κ2) is 9.29. The van der Waals surface area contributed by atoms with Gasteiger partial charge in [-0.15, -0.1) is 0 Å². The average molecular weight is 401 g/mol. The molecule has 154 valence electrons. The molecule has 2 rings (SSSR count). The minimum absolute atomic E-state index is 0.0216. The average Bonchev–Trinajstić information content (AvgIpc) is 2.65. The van der Waals surface area contributed by atoms with Crippen LogP contribution in [0.4, 0.5) is 17.6 Å². The van der Waals surface area contributed by atoms with Crippen molar-refractivity contribution in [1.29, 1.82) is 0 Å². The van der Waals surface area contributed by atoms with Gasteiger partial charge in [0.15, 0.2) is 0 Å². The maximum Gasteiger partial charge on any atom is 0.284 e. The van der Waals surface area contributed by atoms with E-state index in [0.29, 0.717) is 6.42 Å². The van der Waals surface area contributed by atoms with Gasteiger partial charge in [-0.1, -0.05) is 0 Å². The highest BCUT2D eigenvalue weighted by atomic mass is 19.3. The van der Waals surface area contributed by atoms with E-state index < -0.39 is 29.8 Å². The smallest absolute Gasteiger partial charge is 0.284 e. The number of nitrogens with two attached hydrogens (primary N) is 1. The predicted molar refractivity (Wildman–Crippen MR) is 96.6 cm³/mol. The second-order valence-electron chi connectivity index (χ2n) is 6.84. The van der Waals surface area contributed by atoms with Crippen LogP contribution in [0.1, 0.15) is 44.5 Å². The minimum atomic E-state index is -2.91. The standard InChI is InChI=1S/C19H23F4N3O2/c1-11(27-3)9-19(2,24)10-28-15-5-4-13(26-16(15)18(22)23)12-6-7-25-14(8-12)17(20)21/h4-8,11,17-18H,9-10,24H2,1-3H3/t11?,19-/m0/s1. The lowest BCUT2D eigenvalue weighted by atomic mass is 9.97. The Bertz CT molecular complexity index is 788. The van der Waals surface area contributed by atoms with Crippen molar-refractivity contribution in [3.63, 3.8) is 0 Å². The van der Waals surface area contributed by atoms with Gasteiger partial charge in [0.25, 0.3) is 12.9 Å². The first-order valence-corrected chi connectivity index (χ1v) is 8.61. The van der Waals surface area contributed by atoms with E-state index in [4.69, 9.17) is 15.2 Å². The van der Waals surface area contributed by atoms with Crippen molar-refractivity contribution in [3.05, 3.63) is 41.9 Å². The van der Waals surface area contributed by atoms with Gasteiger partial charge in [-0.3, -0.25) is 4.98 Å². The number of nitrogens with zero attached hydrogens (tertiary/aromatic N) is 2. The highest BCUT2D eigenvalue weighted by Crippen LogP contribution is 2.31. The van der Waals surface area contributed by atoms with E-state index in [-0.39, 0.29) is 29.7 Å². The highest BCUT2D eigenvalue weighted by molar-refractivity contribution is 5.60. The topological polar surface area (TPSA) is 70.3 Å². The van der Waals surface area contributed by atoms with Gasteiger partial charge >= 0.3 is 0 Å². The summed E-state index contributed by atoms with van der Waals surface area (Å²) >= 11 is 0. The third kappa shape index (κ3) is 5.87. The van der Waals surface area contributed by atoms with E-state index in [2.05, 4.69) is 9.97 Å². The molecular formula is C19H23F4N3O2. The first-order chi connectivity index (χ1) is 13.1. The molecule has 1 unspecified atom stereocenters. The van der Waals surface area contributed by atoms with Gasteiger partial charge in [0.1, 0.15) is 23.7 Å². The quantitative estimate of drug-likeness (QED) is 0.625. The number of alkyl halides is 4. The van der Waals surface area contributed by atoms with Crippen LogP contribution in [0.15, 0.2) is 30.5 Å². The zero-order chi connectivity index (χ0) is 20.9. The summed E-state index contributed by atoms with van der Waals surface area (Å²) in [5.74, 6) is -0.108. The number of halogens is 4. The fraction of sp³-hybridized carbons (Fsp3) is 0.474. The zero-order valence-electron chi connectivity index (χ0n) is 15.8. The predicted octanol–water partition coefficient (Wildman–Crippen LogP) is 4.54. The summed E-state index contributed by atoms with van der Waals surface area (Å²) in [7, 11) is 1.55. The van der Waals surface area contributed by atoms with Gasteiger partial charge in [-0.05, 0) is 44.5 Å². The molecule has 0 saturated carbocycles. The first-order valence-electron chi connectivity index (χ1n) is 8.61. The molecule has 2 N–H and O–H groups in total. The van der Waals surface area contributed by atoms with E-state index in [0.717, 1.165) is 6.07 Å².